The van der Waals surface area contributed by atoms with Gasteiger partial charge in [-0.2, -0.15) is 5.10 Å². The molecular formula is C21H20Cl3N3O3S. The number of nitrogens with zero attached hydrogens (tertiary/aromatic N) is 2. The van der Waals surface area contributed by atoms with Crippen molar-refractivity contribution < 1.29 is 13.2 Å². The van der Waals surface area contributed by atoms with Crippen LogP contribution in [0.3, 0.4) is 0 Å². The molecule has 0 aliphatic rings. The SMILES string of the molecule is CC(C)(C)c1cc(C(=O)NS(=O)(=O)c2ccccc2)n(Cc2c(Cl)cc(Cl)cc2Cl)n1. The molecule has 164 valence electrons. The standard InChI is InChI=1S/C21H20Cl3N3O3S/c1-21(2,3)19-11-18(20(28)26-31(29,30)14-7-5-4-6-8-14)27(25-19)12-15-16(23)9-13(22)10-17(15)24/h4-11H,12H2,1-3H3,(H,26,28). The summed E-state index contributed by atoms with van der Waals surface area (Å²) < 4.78 is 28.7. The highest BCUT2D eigenvalue weighted by molar-refractivity contribution is 7.90. The number of carbonyl (C=O) groups is 1. The van der Waals surface area contributed by atoms with Crippen molar-refractivity contribution >= 4 is 50.7 Å². The molecule has 1 heterocycles. The van der Waals surface area contributed by atoms with E-state index in [1.54, 1.807) is 24.3 Å². The Labute approximate surface area is 196 Å². The Bertz CT molecular complexity index is 1210. The van der Waals surface area contributed by atoms with Crippen LogP contribution in [0.4, 0.5) is 0 Å². The van der Waals surface area contributed by atoms with E-state index >= 15 is 0 Å². The lowest BCUT2D eigenvalue weighted by atomic mass is 9.92. The Hall–Kier alpha value is -2.06. The van der Waals surface area contributed by atoms with Gasteiger partial charge in [0.2, 0.25) is 0 Å². The molecule has 3 aromatic rings. The molecule has 1 amide bonds. The van der Waals surface area contributed by atoms with Crippen molar-refractivity contribution in [2.24, 2.45) is 0 Å². The summed E-state index contributed by atoms with van der Waals surface area (Å²) in [7, 11) is -4.06. The molecule has 0 unspecified atom stereocenters. The molecule has 31 heavy (non-hydrogen) atoms. The van der Waals surface area contributed by atoms with Gasteiger partial charge in [-0.15, -0.1) is 0 Å². The second-order valence-electron chi connectivity index (χ2n) is 7.92. The highest BCUT2D eigenvalue weighted by Crippen LogP contribution is 2.30. The predicted octanol–water partition coefficient (Wildman–Crippen LogP) is 5.31. The Morgan fingerprint density at radius 3 is 2.16 bits per heavy atom. The van der Waals surface area contributed by atoms with E-state index < -0.39 is 15.9 Å². The van der Waals surface area contributed by atoms with E-state index in [1.807, 2.05) is 20.8 Å². The first-order chi connectivity index (χ1) is 14.4. The quantitative estimate of drug-likeness (QED) is 0.515. The first kappa shape index (κ1) is 23.6. The molecule has 0 atom stereocenters. The number of hydrogen-bond acceptors (Lipinski definition) is 4. The van der Waals surface area contributed by atoms with Crippen molar-refractivity contribution in [2.45, 2.75) is 37.6 Å². The highest BCUT2D eigenvalue weighted by Gasteiger charge is 2.26. The van der Waals surface area contributed by atoms with Gasteiger partial charge in [0.15, 0.2) is 0 Å². The van der Waals surface area contributed by atoms with Crippen LogP contribution in [0.2, 0.25) is 15.1 Å². The van der Waals surface area contributed by atoms with Gasteiger partial charge in [-0.1, -0.05) is 73.8 Å². The molecule has 1 N–H and O–H groups in total. The fourth-order valence-corrected chi connectivity index (χ4v) is 4.71. The van der Waals surface area contributed by atoms with E-state index in [0.29, 0.717) is 26.3 Å². The van der Waals surface area contributed by atoms with E-state index in [9.17, 15) is 13.2 Å². The van der Waals surface area contributed by atoms with Gasteiger partial charge in [-0.25, -0.2) is 13.1 Å². The van der Waals surface area contributed by atoms with E-state index in [0.717, 1.165) is 0 Å². The smallest absolute Gasteiger partial charge is 0.266 e. The molecule has 1 aromatic heterocycles. The zero-order chi connectivity index (χ0) is 23.0. The Kier molecular flexibility index (Phi) is 6.72. The van der Waals surface area contributed by atoms with Gasteiger partial charge in [0.25, 0.3) is 15.9 Å². The minimum atomic E-state index is -4.06. The number of carbonyl (C=O) groups excluding carboxylic acids is 1. The van der Waals surface area contributed by atoms with E-state index in [1.165, 1.54) is 28.9 Å². The van der Waals surface area contributed by atoms with Gasteiger partial charge < -0.3 is 0 Å². The molecule has 0 aliphatic carbocycles. The molecule has 0 radical (unpaired) electrons. The van der Waals surface area contributed by atoms with E-state index in [4.69, 9.17) is 34.8 Å². The van der Waals surface area contributed by atoms with E-state index in [2.05, 4.69) is 9.82 Å². The van der Waals surface area contributed by atoms with Gasteiger partial charge in [0.1, 0.15) is 5.69 Å². The van der Waals surface area contributed by atoms with Crippen LogP contribution in [0.15, 0.2) is 53.4 Å². The predicted molar refractivity (Wildman–Crippen MR) is 123 cm³/mol. The first-order valence-corrected chi connectivity index (χ1v) is 11.8. The van der Waals surface area contributed by atoms with Crippen LogP contribution in [-0.4, -0.2) is 24.1 Å². The number of halogens is 3. The van der Waals surface area contributed by atoms with Crippen molar-refractivity contribution in [3.8, 4) is 0 Å². The topological polar surface area (TPSA) is 81.1 Å². The van der Waals surface area contributed by atoms with Crippen molar-refractivity contribution in [2.75, 3.05) is 0 Å². The molecule has 3 rings (SSSR count). The number of aromatic nitrogens is 2. The normalized spacial score (nSPS) is 12.1. The number of nitrogens with one attached hydrogen (secondary N) is 1. The molecule has 0 saturated carbocycles. The molecule has 0 bridgehead atoms. The number of hydrogen-bond donors (Lipinski definition) is 1. The summed E-state index contributed by atoms with van der Waals surface area (Å²) in [6.07, 6.45) is 0. The molecule has 0 saturated heterocycles. The second-order valence-corrected chi connectivity index (χ2v) is 10.9. The second kappa shape index (κ2) is 8.82. The van der Waals surface area contributed by atoms with Gasteiger partial charge in [-0.05, 0) is 30.3 Å². The number of rotatable bonds is 5. The van der Waals surface area contributed by atoms with Gasteiger partial charge >= 0.3 is 0 Å². The molecule has 0 spiro atoms. The largest absolute Gasteiger partial charge is 0.283 e. The van der Waals surface area contributed by atoms with E-state index in [-0.39, 0.29) is 22.5 Å². The average molecular weight is 501 g/mol. The van der Waals surface area contributed by atoms with Gasteiger partial charge in [0, 0.05) is 26.0 Å². The minimum absolute atomic E-state index is 0.0192. The molecule has 6 nitrogen and oxygen atoms in total. The maximum atomic E-state index is 13.0. The van der Waals surface area contributed by atoms with Crippen LogP contribution >= 0.6 is 34.8 Å². The molecule has 0 fully saturated rings. The summed E-state index contributed by atoms with van der Waals surface area (Å²) in [5.74, 6) is -0.812. The summed E-state index contributed by atoms with van der Waals surface area (Å²) in [5, 5.41) is 5.52. The third-order valence-electron chi connectivity index (χ3n) is 4.48. The minimum Gasteiger partial charge on any atom is -0.266 e. The zero-order valence-corrected chi connectivity index (χ0v) is 20.1. The number of sulfonamides is 1. The van der Waals surface area contributed by atoms with Crippen LogP contribution in [0.25, 0.3) is 0 Å². The fourth-order valence-electron chi connectivity index (χ4n) is 2.79. The average Bonchev–Trinajstić information content (AvgIpc) is 3.09. The zero-order valence-electron chi connectivity index (χ0n) is 17.0. The lowest BCUT2D eigenvalue weighted by molar-refractivity contribution is 0.0971. The lowest BCUT2D eigenvalue weighted by Crippen LogP contribution is -2.32. The van der Waals surface area contributed by atoms with Crippen molar-refractivity contribution in [1.82, 2.24) is 14.5 Å². The molecule has 2 aromatic carbocycles. The third kappa shape index (κ3) is 5.41. The van der Waals surface area contributed by atoms with Crippen LogP contribution in [-0.2, 0) is 22.0 Å². The van der Waals surface area contributed by atoms with Gasteiger partial charge in [0.05, 0.1) is 17.1 Å². The molecule has 0 aliphatic heterocycles. The molecule has 10 heteroatoms. The van der Waals surface area contributed by atoms with Crippen molar-refractivity contribution in [3.05, 3.63) is 80.6 Å². The van der Waals surface area contributed by atoms with Gasteiger partial charge in [-0.3, -0.25) is 9.48 Å². The summed E-state index contributed by atoms with van der Waals surface area (Å²) in [6.45, 7) is 5.86. The first-order valence-electron chi connectivity index (χ1n) is 9.22. The summed E-state index contributed by atoms with van der Waals surface area (Å²) >= 11 is 18.6. The summed E-state index contributed by atoms with van der Waals surface area (Å²) in [4.78, 5) is 13.0. The van der Waals surface area contributed by atoms with Crippen LogP contribution < -0.4 is 4.72 Å². The number of benzene rings is 2. The maximum absolute atomic E-state index is 13.0. The van der Waals surface area contributed by atoms with Crippen molar-refractivity contribution in [1.29, 1.82) is 0 Å². The van der Waals surface area contributed by atoms with Crippen LogP contribution in [0.5, 0.6) is 0 Å². The Morgan fingerprint density at radius 2 is 1.61 bits per heavy atom. The van der Waals surface area contributed by atoms with Crippen LogP contribution in [0.1, 0.15) is 42.5 Å². The number of amides is 1. The summed E-state index contributed by atoms with van der Waals surface area (Å²) in [5.41, 5.74) is 0.797. The molecular weight excluding hydrogens is 481 g/mol. The maximum Gasteiger partial charge on any atom is 0.283 e. The highest BCUT2D eigenvalue weighted by atomic mass is 35.5. The summed E-state index contributed by atoms with van der Waals surface area (Å²) in [6, 6.07) is 12.3. The van der Waals surface area contributed by atoms with Crippen molar-refractivity contribution in [3.63, 3.8) is 0 Å². The lowest BCUT2D eigenvalue weighted by Gasteiger charge is -2.14. The fraction of sp³-hybridized carbons (Fsp3) is 0.238. The third-order valence-corrected chi connectivity index (χ3v) is 6.71. The Balaban J connectivity index is 2.02. The van der Waals surface area contributed by atoms with Crippen LogP contribution in [0, 0.1) is 0 Å². The monoisotopic (exact) mass is 499 g/mol. The Morgan fingerprint density at radius 1 is 1.03 bits per heavy atom.